The van der Waals surface area contributed by atoms with Crippen LogP contribution >= 0.6 is 0 Å². The summed E-state index contributed by atoms with van der Waals surface area (Å²) in [6.45, 7) is 16.6. The number of carbonyl (C=O) groups excluding carboxylic acids is 3. The van der Waals surface area contributed by atoms with Crippen molar-refractivity contribution >= 4 is 24.0 Å². The third-order valence-corrected chi connectivity index (χ3v) is 5.03. The summed E-state index contributed by atoms with van der Waals surface area (Å²) in [6.07, 6.45) is 1.69. The Morgan fingerprint density at radius 1 is 1.16 bits per heavy atom. The Morgan fingerprint density at radius 3 is 2.28 bits per heavy atom. The minimum Gasteiger partial charge on any atom is -0.444 e. The third kappa shape index (κ3) is 8.02. The summed E-state index contributed by atoms with van der Waals surface area (Å²) in [4.78, 5) is 40.5. The molecule has 1 aromatic carbocycles. The van der Waals surface area contributed by atoms with Gasteiger partial charge in [-0.3, -0.25) is 9.59 Å². The van der Waals surface area contributed by atoms with Crippen molar-refractivity contribution in [3.63, 3.8) is 0 Å². The molecule has 3 atom stereocenters. The third-order valence-electron chi connectivity index (χ3n) is 5.03. The van der Waals surface area contributed by atoms with E-state index in [2.05, 4.69) is 17.2 Å². The topological polar surface area (TPSA) is 87.7 Å². The van der Waals surface area contributed by atoms with Crippen LogP contribution in [0.25, 0.3) is 6.08 Å². The van der Waals surface area contributed by atoms with Crippen molar-refractivity contribution in [2.24, 2.45) is 5.92 Å². The highest BCUT2D eigenvalue weighted by Crippen LogP contribution is 2.24. The lowest BCUT2D eigenvalue weighted by molar-refractivity contribution is -0.142. The summed E-state index contributed by atoms with van der Waals surface area (Å²) in [5.74, 6) is -0.818. The van der Waals surface area contributed by atoms with Crippen LogP contribution in [0.1, 0.15) is 72.1 Å². The maximum absolute atomic E-state index is 13.6. The van der Waals surface area contributed by atoms with Crippen molar-refractivity contribution < 1.29 is 19.1 Å². The number of alkyl carbamates (subject to hydrolysis) is 1. The maximum Gasteiger partial charge on any atom is 0.408 e. The molecule has 0 aliphatic heterocycles. The summed E-state index contributed by atoms with van der Waals surface area (Å²) >= 11 is 0. The van der Waals surface area contributed by atoms with E-state index in [0.29, 0.717) is 12.0 Å². The van der Waals surface area contributed by atoms with Crippen molar-refractivity contribution in [1.29, 1.82) is 0 Å². The molecule has 0 bridgehead atoms. The Bertz CT molecular complexity index is 814. The molecule has 7 nitrogen and oxygen atoms in total. The lowest BCUT2D eigenvalue weighted by Crippen LogP contribution is -2.54. The van der Waals surface area contributed by atoms with E-state index in [1.54, 1.807) is 40.0 Å². The molecule has 0 saturated heterocycles. The highest BCUT2D eigenvalue weighted by molar-refractivity contribution is 5.92. The number of nitrogens with zero attached hydrogens (tertiary/aromatic N) is 1. The van der Waals surface area contributed by atoms with Gasteiger partial charge in [0.2, 0.25) is 11.8 Å². The number of amides is 3. The molecule has 1 rings (SSSR count). The van der Waals surface area contributed by atoms with Gasteiger partial charge in [0.15, 0.2) is 0 Å². The van der Waals surface area contributed by atoms with Crippen LogP contribution in [0, 0.1) is 5.92 Å². The number of nitrogens with one attached hydrogen (secondary N) is 2. The number of rotatable bonds is 9. The van der Waals surface area contributed by atoms with Crippen molar-refractivity contribution in [3.8, 4) is 0 Å². The summed E-state index contributed by atoms with van der Waals surface area (Å²) in [6, 6.07) is 5.55. The first-order valence-corrected chi connectivity index (χ1v) is 11.1. The van der Waals surface area contributed by atoms with E-state index in [-0.39, 0.29) is 23.8 Å². The molecule has 178 valence electrons. The molecule has 0 radical (unpaired) electrons. The summed E-state index contributed by atoms with van der Waals surface area (Å²) < 4.78 is 5.36. The predicted molar refractivity (Wildman–Crippen MR) is 128 cm³/mol. The standard InChI is InChI=1S/C25H39N3O4/c1-10-17(5)20(27-24(31)32-25(6,7)8)23(30)28(9)21(22(29)26-16(3)4)19-14-12-13-18(11-2)15-19/h11-17,20-21H,2,10H2,1,3-9H3,(H,26,29)(H,27,31). The van der Waals surface area contributed by atoms with Gasteiger partial charge < -0.3 is 20.3 Å². The molecule has 1 aromatic rings. The van der Waals surface area contributed by atoms with Crippen LogP contribution in [0.4, 0.5) is 4.79 Å². The maximum atomic E-state index is 13.6. The molecule has 32 heavy (non-hydrogen) atoms. The fourth-order valence-corrected chi connectivity index (χ4v) is 3.23. The second-order valence-electron chi connectivity index (χ2n) is 9.40. The summed E-state index contributed by atoms with van der Waals surface area (Å²) in [5.41, 5.74) is 0.816. The molecule has 3 amide bonds. The van der Waals surface area contributed by atoms with E-state index in [0.717, 1.165) is 5.56 Å². The van der Waals surface area contributed by atoms with Gasteiger partial charge in [0, 0.05) is 13.1 Å². The van der Waals surface area contributed by atoms with E-state index in [4.69, 9.17) is 4.74 Å². The highest BCUT2D eigenvalue weighted by atomic mass is 16.6. The summed E-state index contributed by atoms with van der Waals surface area (Å²) in [7, 11) is 1.58. The minimum absolute atomic E-state index is 0.0960. The van der Waals surface area contributed by atoms with Crippen molar-refractivity contribution in [2.75, 3.05) is 7.05 Å². The Labute approximate surface area is 192 Å². The van der Waals surface area contributed by atoms with Gasteiger partial charge in [-0.2, -0.15) is 0 Å². The normalized spacial score (nSPS) is 14.2. The van der Waals surface area contributed by atoms with Crippen molar-refractivity contribution in [2.45, 2.75) is 78.6 Å². The molecular weight excluding hydrogens is 406 g/mol. The van der Waals surface area contributed by atoms with Crippen LogP contribution in [-0.2, 0) is 14.3 Å². The Balaban J connectivity index is 3.31. The van der Waals surface area contributed by atoms with Crippen LogP contribution in [-0.4, -0.2) is 47.5 Å². The fraction of sp³-hybridized carbons (Fsp3) is 0.560. The fourth-order valence-electron chi connectivity index (χ4n) is 3.23. The van der Waals surface area contributed by atoms with Gasteiger partial charge >= 0.3 is 6.09 Å². The average Bonchev–Trinajstić information content (AvgIpc) is 2.69. The van der Waals surface area contributed by atoms with Gasteiger partial charge in [0.25, 0.3) is 0 Å². The second kappa shape index (κ2) is 11.7. The van der Waals surface area contributed by atoms with Gasteiger partial charge in [0.1, 0.15) is 17.7 Å². The Kier molecular flexibility index (Phi) is 9.94. The van der Waals surface area contributed by atoms with Crippen LogP contribution in [0.5, 0.6) is 0 Å². The highest BCUT2D eigenvalue weighted by Gasteiger charge is 2.36. The second-order valence-corrected chi connectivity index (χ2v) is 9.40. The molecule has 0 spiro atoms. The lowest BCUT2D eigenvalue weighted by atomic mass is 9.95. The monoisotopic (exact) mass is 445 g/mol. The molecule has 2 N–H and O–H groups in total. The first kappa shape index (κ1) is 27.2. The first-order valence-electron chi connectivity index (χ1n) is 11.1. The number of ether oxygens (including phenoxy) is 1. The van der Waals surface area contributed by atoms with E-state index in [9.17, 15) is 14.4 Å². The zero-order valence-electron chi connectivity index (χ0n) is 20.7. The molecule has 0 saturated carbocycles. The molecule has 0 aliphatic rings. The largest absolute Gasteiger partial charge is 0.444 e. The number of benzene rings is 1. The van der Waals surface area contributed by atoms with E-state index in [1.807, 2.05) is 45.9 Å². The molecule has 7 heteroatoms. The van der Waals surface area contributed by atoms with Crippen molar-refractivity contribution in [1.82, 2.24) is 15.5 Å². The number of hydrogen-bond donors (Lipinski definition) is 2. The van der Waals surface area contributed by atoms with Crippen LogP contribution in [0.15, 0.2) is 30.8 Å². The van der Waals surface area contributed by atoms with Gasteiger partial charge in [-0.15, -0.1) is 0 Å². The van der Waals surface area contributed by atoms with Gasteiger partial charge in [-0.1, -0.05) is 51.1 Å². The number of hydrogen-bond acceptors (Lipinski definition) is 4. The van der Waals surface area contributed by atoms with Gasteiger partial charge in [-0.25, -0.2) is 4.79 Å². The zero-order valence-corrected chi connectivity index (χ0v) is 20.7. The van der Waals surface area contributed by atoms with Crippen LogP contribution in [0.2, 0.25) is 0 Å². The van der Waals surface area contributed by atoms with Crippen molar-refractivity contribution in [3.05, 3.63) is 42.0 Å². The minimum atomic E-state index is -0.864. The van der Waals surface area contributed by atoms with E-state index >= 15 is 0 Å². The Morgan fingerprint density at radius 2 is 1.78 bits per heavy atom. The Hall–Kier alpha value is -2.83. The first-order chi connectivity index (χ1) is 14.8. The smallest absolute Gasteiger partial charge is 0.408 e. The average molecular weight is 446 g/mol. The number of likely N-dealkylation sites (N-methyl/N-ethyl adjacent to an activating group) is 1. The van der Waals surface area contributed by atoms with E-state index < -0.39 is 23.8 Å². The SMILES string of the molecule is C=Cc1cccc(C(C(=O)NC(C)C)N(C)C(=O)C(NC(=O)OC(C)(C)C)C(C)CC)c1. The predicted octanol–water partition coefficient (Wildman–Crippen LogP) is 4.29. The van der Waals surface area contributed by atoms with E-state index in [1.165, 1.54) is 4.90 Å². The quantitative estimate of drug-likeness (QED) is 0.593. The molecule has 0 aliphatic carbocycles. The summed E-state index contributed by atoms with van der Waals surface area (Å²) in [5, 5.41) is 5.61. The molecule has 0 fully saturated rings. The lowest BCUT2D eigenvalue weighted by Gasteiger charge is -2.34. The van der Waals surface area contributed by atoms with Gasteiger partial charge in [-0.05, 0) is 57.7 Å². The molecule has 3 unspecified atom stereocenters. The molecule has 0 heterocycles. The number of carbonyl (C=O) groups is 3. The molecule has 0 aromatic heterocycles. The molecular formula is C25H39N3O4. The van der Waals surface area contributed by atoms with Crippen LogP contribution in [0.3, 0.4) is 0 Å². The van der Waals surface area contributed by atoms with Gasteiger partial charge in [0.05, 0.1) is 0 Å². The zero-order chi connectivity index (χ0) is 24.6. The van der Waals surface area contributed by atoms with Crippen LogP contribution < -0.4 is 10.6 Å².